The molecule has 9 heteroatoms. The Morgan fingerprint density at radius 3 is 2.97 bits per heavy atom. The minimum Gasteiger partial charge on any atom is -0.503 e. The number of hydrogen-bond acceptors (Lipinski definition) is 6. The summed E-state index contributed by atoms with van der Waals surface area (Å²) in [6.07, 6.45) is 1.21. The van der Waals surface area contributed by atoms with Crippen LogP contribution in [0.4, 0.5) is 5.69 Å². The number of benzene rings is 2. The number of nitrogens with one attached hydrogen (secondary N) is 2. The van der Waals surface area contributed by atoms with E-state index in [0.717, 1.165) is 11.3 Å². The maximum absolute atomic E-state index is 13.0. The second-order valence-electron chi connectivity index (χ2n) is 6.53. The van der Waals surface area contributed by atoms with E-state index in [1.807, 2.05) is 31.2 Å². The van der Waals surface area contributed by atoms with Crippen LogP contribution in [-0.2, 0) is 0 Å². The van der Waals surface area contributed by atoms with Gasteiger partial charge in [0.25, 0.3) is 6.17 Å². The van der Waals surface area contributed by atoms with Gasteiger partial charge in [-0.1, -0.05) is 41.6 Å². The molecular formula is C21H20ClN4O3S+. The zero-order valence-corrected chi connectivity index (χ0v) is 17.8. The lowest BCUT2D eigenvalue weighted by Crippen LogP contribution is -2.55. The molecule has 0 fully saturated rings. The van der Waals surface area contributed by atoms with Crippen molar-refractivity contribution in [2.75, 3.05) is 17.7 Å². The number of aromatic nitrogens is 3. The zero-order valence-electron chi connectivity index (χ0n) is 16.2. The largest absolute Gasteiger partial charge is 0.503 e. The summed E-state index contributed by atoms with van der Waals surface area (Å²) in [4.78, 5) is 15.8. The monoisotopic (exact) mass is 443 g/mol. The maximum Gasteiger partial charge on any atom is 0.325 e. The second-order valence-corrected chi connectivity index (χ2v) is 7.94. The molecule has 4 rings (SSSR count). The van der Waals surface area contributed by atoms with E-state index in [1.54, 1.807) is 22.9 Å². The Morgan fingerprint density at radius 1 is 1.40 bits per heavy atom. The van der Waals surface area contributed by atoms with Gasteiger partial charge in [0.2, 0.25) is 5.16 Å². The highest BCUT2D eigenvalue weighted by Gasteiger charge is 2.38. The number of ether oxygens (including phenoxy) is 1. The number of fused-ring (bicyclic) bond motifs is 3. The normalized spacial score (nSPS) is 14.4. The summed E-state index contributed by atoms with van der Waals surface area (Å²) in [6.45, 7) is 5.91. The number of phenols is 1. The third-order valence-corrected chi connectivity index (χ3v) is 5.73. The van der Waals surface area contributed by atoms with E-state index < -0.39 is 6.17 Å². The molecule has 0 spiro atoms. The molecule has 1 aromatic heterocycles. The molecular weight excluding hydrogens is 424 g/mol. The first kappa shape index (κ1) is 20.3. The number of thioether (sulfide) groups is 1. The molecule has 1 aliphatic heterocycles. The second kappa shape index (κ2) is 8.41. The molecule has 0 bridgehead atoms. The molecule has 1 atom stereocenters. The molecule has 154 valence electrons. The third-order valence-electron chi connectivity index (χ3n) is 4.59. The highest BCUT2D eigenvalue weighted by Crippen LogP contribution is 2.39. The molecule has 2 heterocycles. The average Bonchev–Trinajstić information content (AvgIpc) is 2.74. The van der Waals surface area contributed by atoms with Gasteiger partial charge in [-0.25, -0.2) is 0 Å². The standard InChI is InChI=1S/C21H19ClN4O3S/c1-3-9-30-21-24-20(28)17-13-7-5-6-8-15(13)23-19(26(17)25-21)12-10-14(22)18(27)16(11-12)29-4-2/h3,5-8,10-11,19H,1,4,9H2,2H3,(H2,24,25,27,28)/p+1/t19-/m0/s1. The van der Waals surface area contributed by atoms with Crippen molar-refractivity contribution in [3.8, 4) is 22.8 Å². The number of H-pyrrole nitrogens is 1. The summed E-state index contributed by atoms with van der Waals surface area (Å²) < 4.78 is 7.18. The highest BCUT2D eigenvalue weighted by molar-refractivity contribution is 7.99. The van der Waals surface area contributed by atoms with Crippen LogP contribution in [0, 0.1) is 0 Å². The van der Waals surface area contributed by atoms with Crippen molar-refractivity contribution in [2.45, 2.75) is 18.2 Å². The molecule has 0 amide bonds. The fraction of sp³-hybridized carbons (Fsp3) is 0.190. The lowest BCUT2D eigenvalue weighted by atomic mass is 10.0. The minimum atomic E-state index is -0.530. The number of rotatable bonds is 6. The van der Waals surface area contributed by atoms with Gasteiger partial charge < -0.3 is 15.2 Å². The predicted octanol–water partition coefficient (Wildman–Crippen LogP) is 3.73. The summed E-state index contributed by atoms with van der Waals surface area (Å²) >= 11 is 7.64. The summed E-state index contributed by atoms with van der Waals surface area (Å²) in [7, 11) is 0. The fourth-order valence-corrected chi connectivity index (χ4v) is 4.14. The molecule has 3 aromatic rings. The number of aromatic amines is 1. The molecule has 0 saturated heterocycles. The van der Waals surface area contributed by atoms with Crippen LogP contribution in [0.2, 0.25) is 5.02 Å². The van der Waals surface area contributed by atoms with Gasteiger partial charge in [-0.15, -0.1) is 6.58 Å². The Kier molecular flexibility index (Phi) is 5.69. The van der Waals surface area contributed by atoms with Crippen LogP contribution in [0.15, 0.2) is 59.0 Å². The molecule has 0 radical (unpaired) electrons. The van der Waals surface area contributed by atoms with Crippen molar-refractivity contribution >= 4 is 29.1 Å². The van der Waals surface area contributed by atoms with Gasteiger partial charge in [0.15, 0.2) is 11.5 Å². The summed E-state index contributed by atoms with van der Waals surface area (Å²) in [5, 5.41) is 18.9. The number of aromatic hydroxyl groups is 1. The number of nitrogens with zero attached hydrogens (tertiary/aromatic N) is 2. The van der Waals surface area contributed by atoms with E-state index in [1.165, 1.54) is 11.8 Å². The third kappa shape index (κ3) is 3.64. The lowest BCUT2D eigenvalue weighted by molar-refractivity contribution is -0.759. The van der Waals surface area contributed by atoms with Crippen LogP contribution >= 0.6 is 23.4 Å². The first-order chi connectivity index (χ1) is 14.5. The van der Waals surface area contributed by atoms with E-state index in [9.17, 15) is 9.90 Å². The first-order valence-corrected chi connectivity index (χ1v) is 10.7. The van der Waals surface area contributed by atoms with Crippen molar-refractivity contribution in [1.82, 2.24) is 10.1 Å². The molecule has 0 aliphatic carbocycles. The van der Waals surface area contributed by atoms with Crippen LogP contribution in [0.1, 0.15) is 18.7 Å². The molecule has 1 aliphatic rings. The van der Waals surface area contributed by atoms with Crippen molar-refractivity contribution < 1.29 is 14.5 Å². The number of para-hydroxylation sites is 1. The maximum atomic E-state index is 13.0. The molecule has 0 unspecified atom stereocenters. The van der Waals surface area contributed by atoms with Gasteiger partial charge in [-0.2, -0.15) is 0 Å². The smallest absolute Gasteiger partial charge is 0.325 e. The van der Waals surface area contributed by atoms with Gasteiger partial charge in [0, 0.05) is 16.4 Å². The van der Waals surface area contributed by atoms with Gasteiger partial charge in [-0.3, -0.25) is 9.78 Å². The highest BCUT2D eigenvalue weighted by atomic mass is 35.5. The minimum absolute atomic E-state index is 0.121. The van der Waals surface area contributed by atoms with E-state index in [0.29, 0.717) is 28.8 Å². The molecule has 3 N–H and O–H groups in total. The number of anilines is 1. The van der Waals surface area contributed by atoms with Crippen LogP contribution in [0.25, 0.3) is 11.3 Å². The Morgan fingerprint density at radius 2 is 2.20 bits per heavy atom. The Balaban J connectivity index is 1.92. The van der Waals surface area contributed by atoms with Crippen molar-refractivity contribution in [3.05, 3.63) is 70.0 Å². The topological polar surface area (TPSA) is 91.1 Å². The van der Waals surface area contributed by atoms with Crippen LogP contribution in [0.5, 0.6) is 11.5 Å². The number of phenolic OH excluding ortho intramolecular Hbond substituents is 1. The van der Waals surface area contributed by atoms with E-state index in [2.05, 4.69) is 22.0 Å². The lowest BCUT2D eigenvalue weighted by Gasteiger charge is -2.23. The summed E-state index contributed by atoms with van der Waals surface area (Å²) in [5.74, 6) is 0.759. The quantitative estimate of drug-likeness (QED) is 0.305. The van der Waals surface area contributed by atoms with Crippen LogP contribution < -0.4 is 20.3 Å². The fourth-order valence-electron chi connectivity index (χ4n) is 3.33. The van der Waals surface area contributed by atoms with Gasteiger partial charge >= 0.3 is 11.3 Å². The van der Waals surface area contributed by atoms with E-state index >= 15 is 0 Å². The SMILES string of the molecule is C=CCSc1n[n+]2c(c(=O)[nH]1)-c1ccccc1N[C@@H]2c1cc(Cl)c(O)c(OCC)c1. The molecule has 7 nitrogen and oxygen atoms in total. The Bertz CT molecular complexity index is 1180. The Hall–Kier alpha value is -2.97. The van der Waals surface area contributed by atoms with Crippen LogP contribution in [0.3, 0.4) is 0 Å². The van der Waals surface area contributed by atoms with Crippen molar-refractivity contribution in [2.24, 2.45) is 0 Å². The van der Waals surface area contributed by atoms with Gasteiger partial charge in [-0.05, 0) is 35.9 Å². The van der Waals surface area contributed by atoms with E-state index in [-0.39, 0.29) is 22.1 Å². The number of halogens is 1. The molecule has 0 saturated carbocycles. The van der Waals surface area contributed by atoms with Crippen molar-refractivity contribution in [3.63, 3.8) is 0 Å². The van der Waals surface area contributed by atoms with Gasteiger partial charge in [0.1, 0.15) is 0 Å². The van der Waals surface area contributed by atoms with Gasteiger partial charge in [0.05, 0.1) is 22.9 Å². The summed E-state index contributed by atoms with van der Waals surface area (Å²) in [5.41, 5.74) is 2.42. The molecule has 30 heavy (non-hydrogen) atoms. The number of hydrogen-bond donors (Lipinski definition) is 3. The zero-order chi connectivity index (χ0) is 21.3. The Labute approximate surface area is 182 Å². The summed E-state index contributed by atoms with van der Waals surface area (Å²) in [6, 6.07) is 10.9. The first-order valence-electron chi connectivity index (χ1n) is 9.34. The predicted molar refractivity (Wildman–Crippen MR) is 117 cm³/mol. The van der Waals surface area contributed by atoms with Crippen LogP contribution in [-0.4, -0.2) is 27.5 Å². The average molecular weight is 444 g/mol. The molecule has 2 aromatic carbocycles. The van der Waals surface area contributed by atoms with Crippen molar-refractivity contribution in [1.29, 1.82) is 0 Å². The van der Waals surface area contributed by atoms with E-state index in [4.69, 9.17) is 16.3 Å².